The van der Waals surface area contributed by atoms with E-state index in [4.69, 9.17) is 5.73 Å². The lowest BCUT2D eigenvalue weighted by Crippen LogP contribution is -2.37. The van der Waals surface area contributed by atoms with E-state index >= 15 is 0 Å². The molecule has 1 amide bonds. The molecule has 2 aliphatic rings. The first-order valence-corrected chi connectivity index (χ1v) is 9.17. The van der Waals surface area contributed by atoms with Gasteiger partial charge in [0, 0.05) is 44.6 Å². The van der Waals surface area contributed by atoms with Crippen LogP contribution in [0.3, 0.4) is 0 Å². The van der Waals surface area contributed by atoms with Crippen LogP contribution in [0.4, 0.5) is 0 Å². The number of nitrogens with two attached hydrogens (primary N) is 1. The van der Waals surface area contributed by atoms with Gasteiger partial charge in [-0.2, -0.15) is 4.31 Å². The molecule has 120 valence electrons. The maximum Gasteiger partial charge on any atom is 0.255 e. The van der Waals surface area contributed by atoms with Crippen LogP contribution >= 0.6 is 0 Å². The van der Waals surface area contributed by atoms with Gasteiger partial charge in [0.15, 0.2) is 0 Å². The Bertz CT molecular complexity index is 704. The molecule has 1 fully saturated rings. The summed E-state index contributed by atoms with van der Waals surface area (Å²) in [5, 5.41) is 0. The highest BCUT2D eigenvalue weighted by molar-refractivity contribution is 7.88. The van der Waals surface area contributed by atoms with E-state index in [0.29, 0.717) is 31.6 Å². The predicted molar refractivity (Wildman–Crippen MR) is 81.7 cm³/mol. The number of rotatable bonds is 2. The number of sulfonamides is 1. The van der Waals surface area contributed by atoms with E-state index in [1.165, 1.54) is 10.6 Å². The normalized spacial score (nSPS) is 22.6. The van der Waals surface area contributed by atoms with Crippen molar-refractivity contribution in [1.82, 2.24) is 14.2 Å². The molecule has 1 aromatic heterocycles. The fourth-order valence-corrected chi connectivity index (χ4v) is 3.87. The van der Waals surface area contributed by atoms with Crippen molar-refractivity contribution in [1.29, 1.82) is 0 Å². The molecule has 1 atom stereocenters. The second kappa shape index (κ2) is 5.60. The predicted octanol–water partition coefficient (Wildman–Crippen LogP) is -0.427. The zero-order chi connectivity index (χ0) is 15.9. The third-order valence-electron chi connectivity index (χ3n) is 4.32. The molecule has 2 aliphatic heterocycles. The molecule has 0 spiro atoms. The summed E-state index contributed by atoms with van der Waals surface area (Å²) in [5.74, 6) is -0.0508. The van der Waals surface area contributed by atoms with Crippen molar-refractivity contribution < 1.29 is 13.2 Å². The maximum absolute atomic E-state index is 12.6. The molecule has 0 saturated carbocycles. The Morgan fingerprint density at radius 2 is 2.14 bits per heavy atom. The number of fused-ring (bicyclic) bond motifs is 1. The third-order valence-corrected chi connectivity index (χ3v) is 5.57. The Labute approximate surface area is 130 Å². The van der Waals surface area contributed by atoms with Crippen LogP contribution in [-0.2, 0) is 23.0 Å². The minimum Gasteiger partial charge on any atom is -0.337 e. The van der Waals surface area contributed by atoms with E-state index in [-0.39, 0.29) is 18.5 Å². The number of hydrogen-bond donors (Lipinski definition) is 1. The fraction of sp³-hybridized carbons (Fsp3) is 0.571. The molecule has 8 heteroatoms. The zero-order valence-electron chi connectivity index (χ0n) is 12.5. The molecular formula is C14H20N4O3S. The van der Waals surface area contributed by atoms with E-state index in [0.717, 1.165) is 17.5 Å². The van der Waals surface area contributed by atoms with E-state index in [9.17, 15) is 13.2 Å². The van der Waals surface area contributed by atoms with Gasteiger partial charge in [0.25, 0.3) is 5.91 Å². The van der Waals surface area contributed by atoms with Crippen LogP contribution in [0.5, 0.6) is 0 Å². The number of nitrogens with zero attached hydrogens (tertiary/aromatic N) is 3. The molecular weight excluding hydrogens is 304 g/mol. The molecule has 0 bridgehead atoms. The number of carbonyl (C=O) groups is 1. The summed E-state index contributed by atoms with van der Waals surface area (Å²) < 4.78 is 24.8. The van der Waals surface area contributed by atoms with Gasteiger partial charge in [-0.05, 0) is 24.0 Å². The van der Waals surface area contributed by atoms with Crippen LogP contribution < -0.4 is 5.73 Å². The highest BCUT2D eigenvalue weighted by Gasteiger charge is 2.30. The third kappa shape index (κ3) is 2.86. The van der Waals surface area contributed by atoms with Crippen molar-refractivity contribution in [2.45, 2.75) is 25.4 Å². The summed E-state index contributed by atoms with van der Waals surface area (Å²) in [6.45, 7) is 1.91. The molecule has 0 aliphatic carbocycles. The van der Waals surface area contributed by atoms with Crippen molar-refractivity contribution in [2.75, 3.05) is 25.9 Å². The van der Waals surface area contributed by atoms with E-state index in [2.05, 4.69) is 4.98 Å². The van der Waals surface area contributed by atoms with Gasteiger partial charge in [-0.25, -0.2) is 8.42 Å². The minimum atomic E-state index is -3.23. The molecule has 1 saturated heterocycles. The lowest BCUT2D eigenvalue weighted by molar-refractivity contribution is 0.0788. The monoisotopic (exact) mass is 324 g/mol. The van der Waals surface area contributed by atoms with Gasteiger partial charge in [-0.1, -0.05) is 0 Å². The van der Waals surface area contributed by atoms with E-state index in [1.54, 1.807) is 17.3 Å². The largest absolute Gasteiger partial charge is 0.337 e. The molecule has 0 radical (unpaired) electrons. The highest BCUT2D eigenvalue weighted by atomic mass is 32.2. The SMILES string of the molecule is CS(=O)(=O)N1CCc2c(cncc2C(=O)N2CCC(N)C2)C1. The first kappa shape index (κ1) is 15.4. The number of carbonyl (C=O) groups excluding carboxylic acids is 1. The maximum atomic E-state index is 12.6. The Morgan fingerprint density at radius 3 is 2.77 bits per heavy atom. The Morgan fingerprint density at radius 1 is 1.36 bits per heavy atom. The van der Waals surface area contributed by atoms with Gasteiger partial charge in [0.2, 0.25) is 10.0 Å². The van der Waals surface area contributed by atoms with Crippen LogP contribution in [0.2, 0.25) is 0 Å². The number of pyridine rings is 1. The molecule has 1 unspecified atom stereocenters. The van der Waals surface area contributed by atoms with E-state index < -0.39 is 10.0 Å². The number of aromatic nitrogens is 1. The van der Waals surface area contributed by atoms with Crippen LogP contribution in [0.1, 0.15) is 27.9 Å². The fourth-order valence-electron chi connectivity index (χ4n) is 3.08. The second-order valence-corrected chi connectivity index (χ2v) is 7.95. The van der Waals surface area contributed by atoms with Gasteiger partial charge in [-0.15, -0.1) is 0 Å². The van der Waals surface area contributed by atoms with Crippen LogP contribution in [0.15, 0.2) is 12.4 Å². The minimum absolute atomic E-state index is 0.0390. The Balaban J connectivity index is 1.88. The topological polar surface area (TPSA) is 96.6 Å². The average Bonchev–Trinajstić information content (AvgIpc) is 2.91. The standard InChI is InChI=1S/C14H20N4O3S/c1-22(20,21)18-5-3-12-10(8-18)6-16-7-13(12)14(19)17-4-2-11(15)9-17/h6-7,11H,2-5,8-9,15H2,1H3. The highest BCUT2D eigenvalue weighted by Crippen LogP contribution is 2.25. The number of likely N-dealkylation sites (tertiary alicyclic amines) is 1. The van der Waals surface area contributed by atoms with Crippen molar-refractivity contribution in [3.05, 3.63) is 29.1 Å². The molecule has 22 heavy (non-hydrogen) atoms. The molecule has 1 aromatic rings. The van der Waals surface area contributed by atoms with Gasteiger partial charge in [0.05, 0.1) is 11.8 Å². The summed E-state index contributed by atoms with van der Waals surface area (Å²) >= 11 is 0. The molecule has 2 N–H and O–H groups in total. The first-order chi connectivity index (χ1) is 10.4. The summed E-state index contributed by atoms with van der Waals surface area (Å²) in [6.07, 6.45) is 5.79. The number of amides is 1. The van der Waals surface area contributed by atoms with Crippen molar-refractivity contribution >= 4 is 15.9 Å². The molecule has 7 nitrogen and oxygen atoms in total. The average molecular weight is 324 g/mol. The summed E-state index contributed by atoms with van der Waals surface area (Å²) in [5.41, 5.74) is 8.17. The first-order valence-electron chi connectivity index (χ1n) is 7.32. The summed E-state index contributed by atoms with van der Waals surface area (Å²) in [7, 11) is -3.23. The van der Waals surface area contributed by atoms with Crippen molar-refractivity contribution in [3.8, 4) is 0 Å². The molecule has 3 heterocycles. The Hall–Kier alpha value is -1.51. The lowest BCUT2D eigenvalue weighted by Gasteiger charge is -2.28. The van der Waals surface area contributed by atoms with Crippen LogP contribution in [0.25, 0.3) is 0 Å². The molecule has 3 rings (SSSR count). The van der Waals surface area contributed by atoms with Crippen molar-refractivity contribution in [3.63, 3.8) is 0 Å². The lowest BCUT2D eigenvalue weighted by atomic mass is 9.97. The quantitative estimate of drug-likeness (QED) is 0.796. The van der Waals surface area contributed by atoms with E-state index in [1.807, 2.05) is 0 Å². The smallest absolute Gasteiger partial charge is 0.255 e. The van der Waals surface area contributed by atoms with Crippen LogP contribution in [0, 0.1) is 0 Å². The number of hydrogen-bond acceptors (Lipinski definition) is 5. The van der Waals surface area contributed by atoms with Crippen molar-refractivity contribution in [2.24, 2.45) is 5.73 Å². The van der Waals surface area contributed by atoms with Gasteiger partial charge < -0.3 is 10.6 Å². The second-order valence-electron chi connectivity index (χ2n) is 5.97. The summed E-state index contributed by atoms with van der Waals surface area (Å²) in [4.78, 5) is 18.5. The zero-order valence-corrected chi connectivity index (χ0v) is 13.3. The summed E-state index contributed by atoms with van der Waals surface area (Å²) in [6, 6.07) is 0.0390. The van der Waals surface area contributed by atoms with Gasteiger partial charge in [-0.3, -0.25) is 9.78 Å². The van der Waals surface area contributed by atoms with Gasteiger partial charge in [0.1, 0.15) is 0 Å². The van der Waals surface area contributed by atoms with Crippen LogP contribution in [-0.4, -0.2) is 60.4 Å². The molecule has 0 aromatic carbocycles. The Kier molecular flexibility index (Phi) is 3.92. The van der Waals surface area contributed by atoms with Gasteiger partial charge >= 0.3 is 0 Å².